The van der Waals surface area contributed by atoms with Crippen LogP contribution in [0.2, 0.25) is 5.02 Å². The molecule has 6 heteroatoms. The Morgan fingerprint density at radius 1 is 1.36 bits per heavy atom. The molecule has 0 fully saturated rings. The maximum atomic E-state index is 12.4. The summed E-state index contributed by atoms with van der Waals surface area (Å²) in [5.74, 6) is 2.85. The number of hydrogen-bond donors (Lipinski definition) is 0. The molecule has 4 nitrogen and oxygen atoms in total. The summed E-state index contributed by atoms with van der Waals surface area (Å²) in [4.78, 5) is 17.2. The first kappa shape index (κ1) is 17.3. The van der Waals surface area contributed by atoms with E-state index in [1.165, 1.54) is 11.3 Å². The molecular formula is C19H15ClN2O2S. The van der Waals surface area contributed by atoms with Crippen molar-refractivity contribution in [3.8, 4) is 18.1 Å². The largest absolute Gasteiger partial charge is 0.481 e. The van der Waals surface area contributed by atoms with Crippen LogP contribution in [0.5, 0.6) is 5.75 Å². The molecule has 1 atom stereocenters. The molecule has 1 unspecified atom stereocenters. The van der Waals surface area contributed by atoms with E-state index < -0.39 is 6.10 Å². The lowest BCUT2D eigenvalue weighted by molar-refractivity contribution is -0.124. The van der Waals surface area contributed by atoms with Gasteiger partial charge in [0.15, 0.2) is 10.9 Å². The molecule has 1 amide bonds. The van der Waals surface area contributed by atoms with E-state index in [9.17, 15) is 4.79 Å². The van der Waals surface area contributed by atoms with Gasteiger partial charge < -0.3 is 9.30 Å². The van der Waals surface area contributed by atoms with Crippen molar-refractivity contribution in [3.63, 3.8) is 0 Å². The van der Waals surface area contributed by atoms with Crippen LogP contribution < -0.4 is 9.54 Å². The zero-order chi connectivity index (χ0) is 17.8. The van der Waals surface area contributed by atoms with Gasteiger partial charge in [0.2, 0.25) is 0 Å². The van der Waals surface area contributed by atoms with Crippen LogP contribution in [0.15, 0.2) is 53.5 Å². The number of halogens is 1. The molecule has 1 heterocycles. The van der Waals surface area contributed by atoms with Gasteiger partial charge in [0, 0.05) is 5.02 Å². The summed E-state index contributed by atoms with van der Waals surface area (Å²) in [6.45, 7) is 2.00. The fraction of sp³-hybridized carbons (Fsp3) is 0.158. The van der Waals surface area contributed by atoms with Gasteiger partial charge in [0.1, 0.15) is 5.75 Å². The Bertz CT molecular complexity index is 1020. The zero-order valence-electron chi connectivity index (χ0n) is 13.5. The average molecular weight is 371 g/mol. The van der Waals surface area contributed by atoms with Gasteiger partial charge in [-0.2, -0.15) is 4.99 Å². The van der Waals surface area contributed by atoms with Gasteiger partial charge in [0.25, 0.3) is 5.91 Å². The van der Waals surface area contributed by atoms with Crippen molar-refractivity contribution in [3.05, 3.63) is 58.4 Å². The van der Waals surface area contributed by atoms with Crippen molar-refractivity contribution in [2.45, 2.75) is 19.6 Å². The van der Waals surface area contributed by atoms with E-state index in [0.29, 0.717) is 22.1 Å². The number of hydrogen-bond acceptors (Lipinski definition) is 3. The van der Waals surface area contributed by atoms with E-state index in [1.54, 1.807) is 25.1 Å². The van der Waals surface area contributed by atoms with Crippen LogP contribution in [-0.4, -0.2) is 16.6 Å². The number of fused-ring (bicyclic) bond motifs is 1. The number of nitrogens with zero attached hydrogens (tertiary/aromatic N) is 2. The van der Waals surface area contributed by atoms with E-state index in [1.807, 2.05) is 34.9 Å². The number of thiazole rings is 1. The van der Waals surface area contributed by atoms with Crippen LogP contribution in [0.25, 0.3) is 10.2 Å². The topological polar surface area (TPSA) is 43.6 Å². The van der Waals surface area contributed by atoms with E-state index >= 15 is 0 Å². The number of benzene rings is 2. The molecule has 3 rings (SSSR count). The molecular weight excluding hydrogens is 356 g/mol. The van der Waals surface area contributed by atoms with Crippen LogP contribution in [0, 0.1) is 12.3 Å². The normalized spacial score (nSPS) is 12.8. The lowest BCUT2D eigenvalue weighted by Gasteiger charge is -2.10. The van der Waals surface area contributed by atoms with Gasteiger partial charge in [0.05, 0.1) is 16.8 Å². The van der Waals surface area contributed by atoms with Crippen molar-refractivity contribution < 1.29 is 9.53 Å². The maximum Gasteiger partial charge on any atom is 0.289 e. The minimum absolute atomic E-state index is 0.321. The molecule has 1 aromatic heterocycles. The third-order valence-corrected chi connectivity index (χ3v) is 4.78. The highest BCUT2D eigenvalue weighted by molar-refractivity contribution is 7.16. The molecule has 0 aliphatic carbocycles. The Morgan fingerprint density at radius 2 is 2.12 bits per heavy atom. The molecule has 3 aromatic rings. The summed E-state index contributed by atoms with van der Waals surface area (Å²) >= 11 is 7.41. The molecule has 0 N–H and O–H groups in total. The number of terminal acetylenes is 1. The highest BCUT2D eigenvalue weighted by Gasteiger charge is 2.15. The predicted octanol–water partition coefficient (Wildman–Crippen LogP) is 3.88. The Balaban J connectivity index is 1.95. The third kappa shape index (κ3) is 3.93. The Morgan fingerprint density at radius 3 is 2.84 bits per heavy atom. The molecule has 0 aliphatic rings. The van der Waals surface area contributed by atoms with Crippen LogP contribution >= 0.6 is 22.9 Å². The second-order valence-electron chi connectivity index (χ2n) is 5.31. The van der Waals surface area contributed by atoms with Gasteiger partial charge in [-0.25, -0.2) is 0 Å². The van der Waals surface area contributed by atoms with Gasteiger partial charge in [-0.1, -0.05) is 47.1 Å². The monoisotopic (exact) mass is 370 g/mol. The van der Waals surface area contributed by atoms with Crippen LogP contribution in [0.4, 0.5) is 0 Å². The molecule has 0 radical (unpaired) electrons. The molecule has 0 bridgehead atoms. The third-order valence-electron chi connectivity index (χ3n) is 3.50. The number of rotatable bonds is 4. The number of amides is 1. The summed E-state index contributed by atoms with van der Waals surface area (Å²) < 4.78 is 8.38. The summed E-state index contributed by atoms with van der Waals surface area (Å²) in [6.07, 6.45) is 4.76. The van der Waals surface area contributed by atoms with Gasteiger partial charge in [-0.05, 0) is 37.3 Å². The van der Waals surface area contributed by atoms with Crippen LogP contribution in [0.3, 0.4) is 0 Å². The molecule has 0 saturated heterocycles. The van der Waals surface area contributed by atoms with Crippen molar-refractivity contribution in [2.75, 3.05) is 0 Å². The number of para-hydroxylation sites is 1. The standard InChI is InChI=1S/C19H15ClN2O2S/c1-3-11-22-16-10-9-14(20)12-17(16)25-19(22)21-18(23)13(2)24-15-7-5-4-6-8-15/h1,4-10,12-13H,11H2,2H3. The van der Waals surface area contributed by atoms with Gasteiger partial charge >= 0.3 is 0 Å². The minimum atomic E-state index is -0.699. The first-order valence-electron chi connectivity index (χ1n) is 7.61. The predicted molar refractivity (Wildman–Crippen MR) is 101 cm³/mol. The zero-order valence-corrected chi connectivity index (χ0v) is 15.1. The quantitative estimate of drug-likeness (QED) is 0.654. The van der Waals surface area contributed by atoms with Gasteiger partial charge in [-0.3, -0.25) is 4.79 Å². The van der Waals surface area contributed by atoms with Crippen molar-refractivity contribution in [1.82, 2.24) is 4.57 Å². The second-order valence-corrected chi connectivity index (χ2v) is 6.76. The van der Waals surface area contributed by atoms with Crippen LogP contribution in [-0.2, 0) is 11.3 Å². The Labute approximate surface area is 154 Å². The summed E-state index contributed by atoms with van der Waals surface area (Å²) in [5.41, 5.74) is 0.899. The van der Waals surface area contributed by atoms with E-state index in [4.69, 9.17) is 22.8 Å². The van der Waals surface area contributed by atoms with Crippen molar-refractivity contribution >= 4 is 39.1 Å². The molecule has 0 aliphatic heterocycles. The first-order chi connectivity index (χ1) is 12.1. The minimum Gasteiger partial charge on any atom is -0.481 e. The molecule has 126 valence electrons. The number of carbonyl (C=O) groups is 1. The second kappa shape index (κ2) is 7.56. The van der Waals surface area contributed by atoms with E-state index in [2.05, 4.69) is 10.9 Å². The maximum absolute atomic E-state index is 12.4. The lowest BCUT2D eigenvalue weighted by atomic mass is 10.3. The highest BCUT2D eigenvalue weighted by Crippen LogP contribution is 2.22. The summed E-state index contributed by atoms with van der Waals surface area (Å²) in [6, 6.07) is 14.7. The average Bonchev–Trinajstić information content (AvgIpc) is 2.92. The van der Waals surface area contributed by atoms with E-state index in [0.717, 1.165) is 10.2 Å². The van der Waals surface area contributed by atoms with Crippen molar-refractivity contribution in [2.24, 2.45) is 4.99 Å². The van der Waals surface area contributed by atoms with Crippen molar-refractivity contribution in [1.29, 1.82) is 0 Å². The lowest BCUT2D eigenvalue weighted by Crippen LogP contribution is -2.26. The SMILES string of the molecule is C#CCn1c(=NC(=O)C(C)Oc2ccccc2)sc2cc(Cl)ccc21. The van der Waals surface area contributed by atoms with Gasteiger partial charge in [-0.15, -0.1) is 6.42 Å². The number of ether oxygens (including phenoxy) is 1. The van der Waals surface area contributed by atoms with E-state index in [-0.39, 0.29) is 5.91 Å². The fourth-order valence-electron chi connectivity index (χ4n) is 2.32. The number of aromatic nitrogens is 1. The Kier molecular flexibility index (Phi) is 5.22. The molecule has 0 saturated carbocycles. The highest BCUT2D eigenvalue weighted by atomic mass is 35.5. The summed E-state index contributed by atoms with van der Waals surface area (Å²) in [7, 11) is 0. The number of carbonyl (C=O) groups excluding carboxylic acids is 1. The molecule has 25 heavy (non-hydrogen) atoms. The summed E-state index contributed by atoms with van der Waals surface area (Å²) in [5, 5.41) is 0.625. The smallest absolute Gasteiger partial charge is 0.289 e. The van der Waals surface area contributed by atoms with Crippen LogP contribution in [0.1, 0.15) is 6.92 Å². The molecule has 0 spiro atoms. The fourth-order valence-corrected chi connectivity index (χ4v) is 3.63. The Hall–Kier alpha value is -2.55. The molecule has 2 aromatic carbocycles. The first-order valence-corrected chi connectivity index (χ1v) is 8.80.